The zero-order valence-electron chi connectivity index (χ0n) is 16.4. The smallest absolute Gasteiger partial charge is 0.0541 e. The molecule has 2 N–H and O–H groups in total. The maximum absolute atomic E-state index is 5.91. The van der Waals surface area contributed by atoms with Gasteiger partial charge in [-0.15, -0.1) is 0 Å². The van der Waals surface area contributed by atoms with Gasteiger partial charge in [0.2, 0.25) is 0 Å². The van der Waals surface area contributed by atoms with Gasteiger partial charge in [-0.1, -0.05) is 78.9 Å². The molecule has 6 rings (SSSR count). The number of para-hydroxylation sites is 2. The Hall–Kier alpha value is -4.04. The summed E-state index contributed by atoms with van der Waals surface area (Å²) in [5, 5.41) is 5.03. The van der Waals surface area contributed by atoms with Crippen molar-refractivity contribution in [1.82, 2.24) is 4.57 Å². The van der Waals surface area contributed by atoms with Crippen LogP contribution in [-0.2, 0) is 0 Å². The van der Waals surface area contributed by atoms with Gasteiger partial charge in [-0.05, 0) is 46.8 Å². The van der Waals surface area contributed by atoms with Crippen molar-refractivity contribution < 1.29 is 0 Å². The van der Waals surface area contributed by atoms with E-state index in [0.717, 1.165) is 5.69 Å². The number of hydrogen-bond donors (Lipinski definition) is 1. The highest BCUT2D eigenvalue weighted by molar-refractivity contribution is 6.11. The first-order chi connectivity index (χ1) is 14.8. The van der Waals surface area contributed by atoms with Crippen LogP contribution in [0, 0.1) is 0 Å². The standard InChI is InChI=1S/C28H20N2/c29-20-17-15-19(16-18-20)21-9-5-11-23-22(21)10-6-14-28(23)30-26-12-3-1-7-24(26)25-8-2-4-13-27(25)30/h1-18H,29H2. The molecule has 0 radical (unpaired) electrons. The van der Waals surface area contributed by atoms with Gasteiger partial charge < -0.3 is 10.3 Å². The number of rotatable bonds is 2. The van der Waals surface area contributed by atoms with Gasteiger partial charge in [0, 0.05) is 21.8 Å². The third kappa shape index (κ3) is 2.44. The summed E-state index contributed by atoms with van der Waals surface area (Å²) >= 11 is 0. The molecule has 0 saturated carbocycles. The van der Waals surface area contributed by atoms with Crippen LogP contribution in [0.2, 0.25) is 0 Å². The van der Waals surface area contributed by atoms with E-state index in [1.54, 1.807) is 0 Å². The maximum Gasteiger partial charge on any atom is 0.0541 e. The molecule has 142 valence electrons. The molecular weight excluding hydrogens is 364 g/mol. The molecule has 0 saturated heterocycles. The summed E-state index contributed by atoms with van der Waals surface area (Å²) in [5.41, 5.74) is 12.7. The lowest BCUT2D eigenvalue weighted by Gasteiger charge is -2.14. The Morgan fingerprint density at radius 1 is 0.467 bits per heavy atom. The number of fused-ring (bicyclic) bond motifs is 4. The normalized spacial score (nSPS) is 11.5. The molecule has 1 aromatic heterocycles. The average molecular weight is 384 g/mol. The summed E-state index contributed by atoms with van der Waals surface area (Å²) in [4.78, 5) is 0. The second-order valence-electron chi connectivity index (χ2n) is 7.67. The topological polar surface area (TPSA) is 30.9 Å². The van der Waals surface area contributed by atoms with E-state index in [9.17, 15) is 0 Å². The van der Waals surface area contributed by atoms with E-state index in [2.05, 4.69) is 102 Å². The van der Waals surface area contributed by atoms with E-state index in [1.807, 2.05) is 12.1 Å². The van der Waals surface area contributed by atoms with Gasteiger partial charge in [0.1, 0.15) is 0 Å². The fourth-order valence-electron chi connectivity index (χ4n) is 4.58. The molecule has 0 amide bonds. The van der Waals surface area contributed by atoms with E-state index in [4.69, 9.17) is 5.73 Å². The Morgan fingerprint density at radius 3 is 1.73 bits per heavy atom. The van der Waals surface area contributed by atoms with Crippen LogP contribution >= 0.6 is 0 Å². The van der Waals surface area contributed by atoms with Crippen molar-refractivity contribution in [1.29, 1.82) is 0 Å². The second kappa shape index (κ2) is 6.50. The lowest BCUT2D eigenvalue weighted by molar-refractivity contribution is 1.20. The van der Waals surface area contributed by atoms with Gasteiger partial charge in [0.25, 0.3) is 0 Å². The lowest BCUT2D eigenvalue weighted by Crippen LogP contribution is -1.95. The summed E-state index contributed by atoms with van der Waals surface area (Å²) in [5.74, 6) is 0. The van der Waals surface area contributed by atoms with E-state index in [1.165, 1.54) is 49.4 Å². The monoisotopic (exact) mass is 384 g/mol. The number of benzene rings is 5. The Balaban J connectivity index is 1.71. The van der Waals surface area contributed by atoms with Crippen molar-refractivity contribution in [3.8, 4) is 16.8 Å². The van der Waals surface area contributed by atoms with E-state index >= 15 is 0 Å². The number of nitrogens with two attached hydrogens (primary N) is 1. The first kappa shape index (κ1) is 16.9. The second-order valence-corrected chi connectivity index (χ2v) is 7.67. The Morgan fingerprint density at radius 2 is 1.03 bits per heavy atom. The van der Waals surface area contributed by atoms with Crippen molar-refractivity contribution in [3.05, 3.63) is 109 Å². The van der Waals surface area contributed by atoms with Crippen LogP contribution in [0.25, 0.3) is 49.4 Å². The minimum Gasteiger partial charge on any atom is -0.399 e. The van der Waals surface area contributed by atoms with Crippen molar-refractivity contribution in [2.45, 2.75) is 0 Å². The fourth-order valence-corrected chi connectivity index (χ4v) is 4.58. The molecule has 1 heterocycles. The van der Waals surface area contributed by atoms with Crippen LogP contribution in [0.3, 0.4) is 0 Å². The van der Waals surface area contributed by atoms with E-state index < -0.39 is 0 Å². The molecule has 0 bridgehead atoms. The zero-order valence-corrected chi connectivity index (χ0v) is 16.4. The number of hydrogen-bond acceptors (Lipinski definition) is 1. The van der Waals surface area contributed by atoms with Gasteiger partial charge >= 0.3 is 0 Å². The third-order valence-corrected chi connectivity index (χ3v) is 5.94. The molecule has 0 unspecified atom stereocenters. The van der Waals surface area contributed by atoms with Crippen LogP contribution in [0.1, 0.15) is 0 Å². The summed E-state index contributed by atoms with van der Waals surface area (Å²) < 4.78 is 2.39. The Labute approximate surface area is 174 Å². The van der Waals surface area contributed by atoms with Gasteiger partial charge in [-0.3, -0.25) is 0 Å². The third-order valence-electron chi connectivity index (χ3n) is 5.94. The SMILES string of the molecule is Nc1ccc(-c2cccc3c(-n4c5ccccc5c5ccccc54)cccc23)cc1. The molecule has 0 aliphatic rings. The Kier molecular flexibility index (Phi) is 3.65. The van der Waals surface area contributed by atoms with Crippen LogP contribution in [-0.4, -0.2) is 4.57 Å². The number of aromatic nitrogens is 1. The van der Waals surface area contributed by atoms with Gasteiger partial charge in [0.05, 0.1) is 16.7 Å². The van der Waals surface area contributed by atoms with Gasteiger partial charge in [-0.2, -0.15) is 0 Å². The minimum absolute atomic E-state index is 0.782. The minimum atomic E-state index is 0.782. The fraction of sp³-hybridized carbons (Fsp3) is 0. The summed E-state index contributed by atoms with van der Waals surface area (Å²) in [6.07, 6.45) is 0. The molecule has 2 heteroatoms. The summed E-state index contributed by atoms with van der Waals surface area (Å²) in [6, 6.07) is 38.5. The molecule has 5 aromatic carbocycles. The molecule has 0 aliphatic heterocycles. The van der Waals surface area contributed by atoms with Crippen molar-refractivity contribution in [2.75, 3.05) is 5.73 Å². The molecule has 2 nitrogen and oxygen atoms in total. The van der Waals surface area contributed by atoms with Crippen molar-refractivity contribution in [2.24, 2.45) is 0 Å². The van der Waals surface area contributed by atoms with Crippen molar-refractivity contribution >= 4 is 38.3 Å². The number of nitrogen functional groups attached to an aromatic ring is 1. The number of anilines is 1. The quantitative estimate of drug-likeness (QED) is 0.315. The highest BCUT2D eigenvalue weighted by Crippen LogP contribution is 2.37. The largest absolute Gasteiger partial charge is 0.399 e. The highest BCUT2D eigenvalue weighted by Gasteiger charge is 2.14. The molecule has 0 atom stereocenters. The zero-order chi connectivity index (χ0) is 20.1. The van der Waals surface area contributed by atoms with Crippen LogP contribution < -0.4 is 5.73 Å². The molecule has 0 aliphatic carbocycles. The molecular formula is C28H20N2. The average Bonchev–Trinajstić information content (AvgIpc) is 3.13. The summed E-state index contributed by atoms with van der Waals surface area (Å²) in [6.45, 7) is 0. The van der Waals surface area contributed by atoms with Crippen LogP contribution in [0.15, 0.2) is 109 Å². The molecule has 0 spiro atoms. The first-order valence-electron chi connectivity index (χ1n) is 10.2. The first-order valence-corrected chi connectivity index (χ1v) is 10.2. The van der Waals surface area contributed by atoms with Gasteiger partial charge in [-0.25, -0.2) is 0 Å². The molecule has 30 heavy (non-hydrogen) atoms. The Bertz CT molecular complexity index is 1490. The van der Waals surface area contributed by atoms with E-state index in [0.29, 0.717) is 0 Å². The predicted octanol–water partition coefficient (Wildman–Crippen LogP) is 7.19. The van der Waals surface area contributed by atoms with Crippen LogP contribution in [0.4, 0.5) is 5.69 Å². The number of nitrogens with zero attached hydrogens (tertiary/aromatic N) is 1. The van der Waals surface area contributed by atoms with Gasteiger partial charge in [0.15, 0.2) is 0 Å². The van der Waals surface area contributed by atoms with Crippen molar-refractivity contribution in [3.63, 3.8) is 0 Å². The summed E-state index contributed by atoms with van der Waals surface area (Å²) in [7, 11) is 0. The van der Waals surface area contributed by atoms with E-state index in [-0.39, 0.29) is 0 Å². The maximum atomic E-state index is 5.91. The predicted molar refractivity (Wildman–Crippen MR) is 128 cm³/mol. The molecule has 6 aromatic rings. The molecule has 0 fully saturated rings. The lowest BCUT2D eigenvalue weighted by atomic mass is 9.97. The van der Waals surface area contributed by atoms with Crippen LogP contribution in [0.5, 0.6) is 0 Å². The highest BCUT2D eigenvalue weighted by atomic mass is 15.0.